The fourth-order valence-electron chi connectivity index (χ4n) is 0.966. The quantitative estimate of drug-likeness (QED) is 0.645. The van der Waals surface area contributed by atoms with Gasteiger partial charge in [-0.25, -0.2) is 9.55 Å². The van der Waals surface area contributed by atoms with E-state index in [0.29, 0.717) is 5.69 Å². The first-order chi connectivity index (χ1) is 6.19. The number of hydrogen-bond donors (Lipinski definition) is 0. The molecule has 0 aromatic carbocycles. The van der Waals surface area contributed by atoms with Crippen LogP contribution in [0.3, 0.4) is 0 Å². The Labute approximate surface area is 75.2 Å². The van der Waals surface area contributed by atoms with E-state index in [9.17, 15) is 4.79 Å². The van der Waals surface area contributed by atoms with Crippen LogP contribution < -0.4 is 10.3 Å². The minimum absolute atomic E-state index is 0.0463. The summed E-state index contributed by atoms with van der Waals surface area (Å²) < 4.78 is 6.03. The molecule has 0 fully saturated rings. The molecule has 5 heteroatoms. The maximum absolute atomic E-state index is 11.3. The number of hydrogen-bond acceptors (Lipinski definition) is 4. The van der Waals surface area contributed by atoms with E-state index in [2.05, 4.69) is 4.98 Å². The lowest BCUT2D eigenvalue weighted by Crippen LogP contribution is -2.22. The molecule has 0 atom stereocenters. The van der Waals surface area contributed by atoms with Crippen LogP contribution in [0.5, 0.6) is 6.01 Å². The molecule has 68 valence electrons. The summed E-state index contributed by atoms with van der Waals surface area (Å²) in [7, 11) is 1.41. The molecule has 0 unspecified atom stereocenters. The minimum atomic E-state index is -0.272. The summed E-state index contributed by atoms with van der Waals surface area (Å²) in [5.74, 6) is 0. The van der Waals surface area contributed by atoms with E-state index in [-0.39, 0.29) is 18.1 Å². The zero-order valence-corrected chi connectivity index (χ0v) is 7.44. The fraction of sp³-hybridized carbons (Fsp3) is 0.375. The lowest BCUT2D eigenvalue weighted by Gasteiger charge is -2.06. The Hall–Kier alpha value is -1.83. The summed E-state index contributed by atoms with van der Waals surface area (Å²) >= 11 is 0. The Morgan fingerprint density at radius 3 is 3.00 bits per heavy atom. The molecule has 0 aliphatic heterocycles. The van der Waals surface area contributed by atoms with Crippen molar-refractivity contribution in [3.63, 3.8) is 0 Å². The van der Waals surface area contributed by atoms with E-state index in [1.807, 2.05) is 6.07 Å². The molecular weight excluding hydrogens is 170 g/mol. The van der Waals surface area contributed by atoms with Gasteiger partial charge in [0.25, 0.3) is 11.6 Å². The molecule has 1 heterocycles. The number of aromatic nitrogens is 2. The Bertz CT molecular complexity index is 403. The zero-order valence-electron chi connectivity index (χ0n) is 7.44. The van der Waals surface area contributed by atoms with Gasteiger partial charge in [-0.2, -0.15) is 5.26 Å². The summed E-state index contributed by atoms with van der Waals surface area (Å²) in [5, 5.41) is 8.44. The first kappa shape index (κ1) is 9.26. The van der Waals surface area contributed by atoms with Crippen LogP contribution in [0.25, 0.3) is 0 Å². The third-order valence-corrected chi connectivity index (χ3v) is 1.51. The van der Waals surface area contributed by atoms with E-state index in [0.717, 1.165) is 0 Å². The third kappa shape index (κ3) is 1.85. The van der Waals surface area contributed by atoms with Crippen molar-refractivity contribution in [3.05, 3.63) is 22.1 Å². The molecular formula is C8H9N3O2. The van der Waals surface area contributed by atoms with Gasteiger partial charge in [0.15, 0.2) is 0 Å². The smallest absolute Gasteiger partial charge is 0.300 e. The highest BCUT2D eigenvalue weighted by Crippen LogP contribution is 2.02. The predicted molar refractivity (Wildman–Crippen MR) is 45.4 cm³/mol. The van der Waals surface area contributed by atoms with Crippen LogP contribution in [0, 0.1) is 18.3 Å². The predicted octanol–water partition coefficient (Wildman–Crippen LogP) is 0.0839. The average molecular weight is 179 g/mol. The van der Waals surface area contributed by atoms with Gasteiger partial charge in [-0.15, -0.1) is 0 Å². The van der Waals surface area contributed by atoms with Crippen LogP contribution in [0.1, 0.15) is 5.69 Å². The Morgan fingerprint density at radius 1 is 1.77 bits per heavy atom. The van der Waals surface area contributed by atoms with E-state index in [4.69, 9.17) is 10.00 Å². The summed E-state index contributed by atoms with van der Waals surface area (Å²) in [4.78, 5) is 15.3. The molecule has 1 aromatic rings. The van der Waals surface area contributed by atoms with E-state index >= 15 is 0 Å². The summed E-state index contributed by atoms with van der Waals surface area (Å²) in [6.07, 6.45) is 0. The van der Waals surface area contributed by atoms with Gasteiger partial charge in [-0.05, 0) is 6.92 Å². The van der Waals surface area contributed by atoms with Crippen LogP contribution in [0.4, 0.5) is 0 Å². The maximum atomic E-state index is 11.3. The first-order valence-corrected chi connectivity index (χ1v) is 3.68. The number of ether oxygens (including phenoxy) is 1. The van der Waals surface area contributed by atoms with Gasteiger partial charge in [0.1, 0.15) is 6.54 Å². The van der Waals surface area contributed by atoms with Gasteiger partial charge < -0.3 is 4.74 Å². The third-order valence-electron chi connectivity index (χ3n) is 1.51. The molecule has 0 aliphatic carbocycles. The van der Waals surface area contributed by atoms with Crippen molar-refractivity contribution in [2.45, 2.75) is 13.5 Å². The molecule has 0 bridgehead atoms. The second kappa shape index (κ2) is 3.72. The van der Waals surface area contributed by atoms with Gasteiger partial charge in [-0.3, -0.25) is 4.79 Å². The summed E-state index contributed by atoms with van der Waals surface area (Å²) in [6.45, 7) is 1.65. The molecule has 0 radical (unpaired) electrons. The molecule has 0 spiro atoms. The molecule has 0 N–H and O–H groups in total. The maximum Gasteiger partial charge on any atom is 0.300 e. The SMILES string of the molecule is COc1nc(C)cc(=O)n1CC#N. The van der Waals surface area contributed by atoms with Crippen LogP contribution >= 0.6 is 0 Å². The van der Waals surface area contributed by atoms with Crippen molar-refractivity contribution in [3.8, 4) is 12.1 Å². The van der Waals surface area contributed by atoms with Crippen molar-refractivity contribution < 1.29 is 4.74 Å². The van der Waals surface area contributed by atoms with Gasteiger partial charge in [0.2, 0.25) is 0 Å². The molecule has 1 aromatic heterocycles. The lowest BCUT2D eigenvalue weighted by atomic mass is 10.4. The van der Waals surface area contributed by atoms with Crippen molar-refractivity contribution in [2.75, 3.05) is 7.11 Å². The molecule has 0 saturated carbocycles. The number of aryl methyl sites for hydroxylation is 1. The van der Waals surface area contributed by atoms with Crippen LogP contribution in [0.15, 0.2) is 10.9 Å². The van der Waals surface area contributed by atoms with Crippen molar-refractivity contribution in [1.82, 2.24) is 9.55 Å². The number of rotatable bonds is 2. The zero-order chi connectivity index (χ0) is 9.84. The van der Waals surface area contributed by atoms with Crippen LogP contribution in [-0.2, 0) is 6.54 Å². The molecule has 0 saturated heterocycles. The van der Waals surface area contributed by atoms with E-state index in [1.165, 1.54) is 17.7 Å². The summed E-state index contributed by atoms with van der Waals surface area (Å²) in [5.41, 5.74) is 0.307. The molecule has 5 nitrogen and oxygen atoms in total. The average Bonchev–Trinajstić information content (AvgIpc) is 2.09. The standard InChI is InChI=1S/C8H9N3O2/c1-6-5-7(12)11(4-3-9)8(10-6)13-2/h5H,4H2,1-2H3. The normalized spacial score (nSPS) is 9.31. The molecule has 13 heavy (non-hydrogen) atoms. The molecule has 0 aliphatic rings. The Morgan fingerprint density at radius 2 is 2.46 bits per heavy atom. The van der Waals surface area contributed by atoms with Gasteiger partial charge in [0.05, 0.1) is 13.2 Å². The largest absolute Gasteiger partial charge is 0.468 e. The van der Waals surface area contributed by atoms with Gasteiger partial charge in [0, 0.05) is 11.8 Å². The number of methoxy groups -OCH3 is 1. The highest BCUT2D eigenvalue weighted by molar-refractivity contribution is 5.07. The van der Waals surface area contributed by atoms with Crippen molar-refractivity contribution in [1.29, 1.82) is 5.26 Å². The molecule has 1 rings (SSSR count). The lowest BCUT2D eigenvalue weighted by molar-refractivity contribution is 0.351. The number of nitriles is 1. The Kier molecular flexibility index (Phi) is 2.65. The van der Waals surface area contributed by atoms with Gasteiger partial charge in [-0.1, -0.05) is 0 Å². The topological polar surface area (TPSA) is 67.9 Å². The summed E-state index contributed by atoms with van der Waals surface area (Å²) in [6, 6.07) is 3.40. The monoisotopic (exact) mass is 179 g/mol. The van der Waals surface area contributed by atoms with E-state index < -0.39 is 0 Å². The molecule has 0 amide bonds. The van der Waals surface area contributed by atoms with Crippen molar-refractivity contribution in [2.24, 2.45) is 0 Å². The van der Waals surface area contributed by atoms with Gasteiger partial charge >= 0.3 is 0 Å². The van der Waals surface area contributed by atoms with E-state index in [1.54, 1.807) is 6.92 Å². The highest BCUT2D eigenvalue weighted by Gasteiger charge is 2.05. The number of nitrogens with zero attached hydrogens (tertiary/aromatic N) is 3. The Balaban J connectivity index is 3.32. The highest BCUT2D eigenvalue weighted by atomic mass is 16.5. The van der Waals surface area contributed by atoms with Crippen molar-refractivity contribution >= 4 is 0 Å². The fourth-order valence-corrected chi connectivity index (χ4v) is 0.966. The second-order valence-corrected chi connectivity index (χ2v) is 2.47. The van der Waals surface area contributed by atoms with Crippen LogP contribution in [-0.4, -0.2) is 16.7 Å². The first-order valence-electron chi connectivity index (χ1n) is 3.68. The second-order valence-electron chi connectivity index (χ2n) is 2.47. The minimum Gasteiger partial charge on any atom is -0.468 e. The van der Waals surface area contributed by atoms with Crippen LogP contribution in [0.2, 0.25) is 0 Å².